The summed E-state index contributed by atoms with van der Waals surface area (Å²) < 4.78 is 14.8. The van der Waals surface area contributed by atoms with Crippen LogP contribution in [0.2, 0.25) is 0 Å². The van der Waals surface area contributed by atoms with E-state index in [2.05, 4.69) is 4.40 Å². The zero-order chi connectivity index (χ0) is 7.40. The Labute approximate surface area is 64.3 Å². The van der Waals surface area contributed by atoms with E-state index in [1.54, 1.807) is 0 Å². The average molecular weight is 159 g/mol. The normalized spacial score (nSPS) is 21.7. The molecule has 0 N–H and O–H groups in total. The van der Waals surface area contributed by atoms with Crippen LogP contribution >= 0.6 is 0 Å². The smallest absolute Gasteiger partial charge is 0.138 e. The van der Waals surface area contributed by atoms with E-state index in [4.69, 9.17) is 0 Å². The monoisotopic (exact) mass is 159 g/mol. The molecule has 1 saturated carbocycles. The molecule has 0 bridgehead atoms. The molecule has 3 heteroatoms. The van der Waals surface area contributed by atoms with Gasteiger partial charge < -0.3 is 0 Å². The maximum absolute atomic E-state index is 10.9. The van der Waals surface area contributed by atoms with Crippen molar-refractivity contribution in [3.8, 4) is 0 Å². The molecule has 0 aromatic carbocycles. The molecular weight excluding hydrogens is 146 g/mol. The molecule has 0 spiro atoms. The van der Waals surface area contributed by atoms with Crippen LogP contribution in [0.4, 0.5) is 0 Å². The van der Waals surface area contributed by atoms with Crippen molar-refractivity contribution >= 4 is 17.2 Å². The van der Waals surface area contributed by atoms with Crippen LogP contribution in [-0.4, -0.2) is 16.2 Å². The highest BCUT2D eigenvalue weighted by molar-refractivity contribution is 7.83. The van der Waals surface area contributed by atoms with Crippen LogP contribution in [0.15, 0.2) is 4.40 Å². The Hall–Kier alpha value is -0.180. The third-order valence-corrected chi connectivity index (χ3v) is 2.50. The molecule has 10 heavy (non-hydrogen) atoms. The lowest BCUT2D eigenvalue weighted by molar-refractivity contribution is 0.683. The predicted molar refractivity (Wildman–Crippen MR) is 44.5 cm³/mol. The molecular formula is C7H13NOS. The first-order valence-corrected chi connectivity index (χ1v) is 5.03. The van der Waals surface area contributed by atoms with E-state index in [0.29, 0.717) is 11.7 Å². The van der Waals surface area contributed by atoms with E-state index < -0.39 is 11.0 Å². The van der Waals surface area contributed by atoms with Crippen LogP contribution < -0.4 is 0 Å². The third kappa shape index (κ3) is 3.11. The van der Waals surface area contributed by atoms with Gasteiger partial charge in [-0.05, 0) is 25.2 Å². The molecule has 0 aromatic rings. The fourth-order valence-corrected chi connectivity index (χ4v) is 1.39. The first-order valence-electron chi connectivity index (χ1n) is 3.75. The molecule has 0 saturated heterocycles. The molecule has 1 aliphatic carbocycles. The topological polar surface area (TPSA) is 29.4 Å². The molecule has 1 rings (SSSR count). The highest BCUT2D eigenvalue weighted by atomic mass is 32.2. The molecule has 58 valence electrons. The van der Waals surface area contributed by atoms with Gasteiger partial charge in [-0.25, -0.2) is 4.21 Å². The number of rotatable bonds is 4. The van der Waals surface area contributed by atoms with Crippen molar-refractivity contribution in [2.24, 2.45) is 10.3 Å². The van der Waals surface area contributed by atoms with E-state index in [9.17, 15) is 4.21 Å². The minimum absolute atomic E-state index is 0.654. The van der Waals surface area contributed by atoms with Gasteiger partial charge in [-0.3, -0.25) is 0 Å². The standard InChI is InChI=1S/C7H13NOS/c1-2-5-10(9)8-6-7-3-4-7/h6-7H,2-5H2,1H3. The Morgan fingerprint density at radius 1 is 1.70 bits per heavy atom. The highest BCUT2D eigenvalue weighted by Gasteiger charge is 2.18. The second kappa shape index (κ2) is 3.86. The van der Waals surface area contributed by atoms with Crippen molar-refractivity contribution in [2.45, 2.75) is 26.2 Å². The fraction of sp³-hybridized carbons (Fsp3) is 0.857. The van der Waals surface area contributed by atoms with Crippen molar-refractivity contribution in [1.29, 1.82) is 0 Å². The van der Waals surface area contributed by atoms with Crippen molar-refractivity contribution in [2.75, 3.05) is 5.75 Å². The molecule has 0 radical (unpaired) electrons. The molecule has 0 heterocycles. The summed E-state index contributed by atoms with van der Waals surface area (Å²) >= 11 is 0. The minimum Gasteiger partial charge on any atom is -0.235 e. The van der Waals surface area contributed by atoms with Crippen molar-refractivity contribution < 1.29 is 4.21 Å². The lowest BCUT2D eigenvalue weighted by Crippen LogP contribution is -1.91. The van der Waals surface area contributed by atoms with Crippen LogP contribution in [0.25, 0.3) is 0 Å². The van der Waals surface area contributed by atoms with Crippen LogP contribution in [0.3, 0.4) is 0 Å². The molecule has 1 aliphatic rings. The second-order valence-electron chi connectivity index (χ2n) is 2.62. The third-order valence-electron chi connectivity index (χ3n) is 1.39. The lowest BCUT2D eigenvalue weighted by atomic mass is 10.5. The summed E-state index contributed by atoms with van der Waals surface area (Å²) in [6, 6.07) is 0. The van der Waals surface area contributed by atoms with Gasteiger partial charge in [-0.1, -0.05) is 6.92 Å². The Bertz CT molecular complexity index is 152. The Morgan fingerprint density at radius 2 is 2.40 bits per heavy atom. The molecule has 0 aromatic heterocycles. The fourth-order valence-electron chi connectivity index (χ4n) is 0.627. The van der Waals surface area contributed by atoms with E-state index in [-0.39, 0.29) is 0 Å². The SMILES string of the molecule is CCCS(=O)N=CC1CC1. The van der Waals surface area contributed by atoms with Crippen molar-refractivity contribution in [3.63, 3.8) is 0 Å². The molecule has 2 nitrogen and oxygen atoms in total. The summed E-state index contributed by atoms with van der Waals surface area (Å²) in [5.41, 5.74) is 0. The van der Waals surface area contributed by atoms with Crippen LogP contribution in [0, 0.1) is 5.92 Å². The maximum Gasteiger partial charge on any atom is 0.138 e. The zero-order valence-corrected chi connectivity index (χ0v) is 7.06. The highest BCUT2D eigenvalue weighted by Crippen LogP contribution is 2.26. The van der Waals surface area contributed by atoms with Crippen LogP contribution in [-0.2, 0) is 11.0 Å². The van der Waals surface area contributed by atoms with Crippen molar-refractivity contribution in [3.05, 3.63) is 0 Å². The van der Waals surface area contributed by atoms with Gasteiger partial charge in [-0.2, -0.15) is 4.40 Å². The predicted octanol–water partition coefficient (Wildman–Crippen LogP) is 1.54. The van der Waals surface area contributed by atoms with Gasteiger partial charge in [0.05, 0.1) is 0 Å². The Kier molecular flexibility index (Phi) is 3.06. The molecule has 1 atom stereocenters. The average Bonchev–Trinajstić information content (AvgIpc) is 2.67. The van der Waals surface area contributed by atoms with E-state index in [1.165, 1.54) is 12.8 Å². The van der Waals surface area contributed by atoms with Gasteiger partial charge in [0, 0.05) is 12.0 Å². The summed E-state index contributed by atoms with van der Waals surface area (Å²) in [5, 5.41) is 0. The number of hydrogen-bond acceptors (Lipinski definition) is 1. The van der Waals surface area contributed by atoms with Gasteiger partial charge in [0.2, 0.25) is 0 Å². The largest absolute Gasteiger partial charge is 0.235 e. The van der Waals surface area contributed by atoms with Gasteiger partial charge in [-0.15, -0.1) is 0 Å². The molecule has 1 unspecified atom stereocenters. The van der Waals surface area contributed by atoms with E-state index in [0.717, 1.165) is 6.42 Å². The summed E-state index contributed by atoms with van der Waals surface area (Å²) in [7, 11) is -0.931. The van der Waals surface area contributed by atoms with Crippen LogP contribution in [0.1, 0.15) is 26.2 Å². The zero-order valence-electron chi connectivity index (χ0n) is 6.25. The summed E-state index contributed by atoms with van der Waals surface area (Å²) in [6.45, 7) is 2.02. The summed E-state index contributed by atoms with van der Waals surface area (Å²) in [4.78, 5) is 0. The van der Waals surface area contributed by atoms with Gasteiger partial charge >= 0.3 is 0 Å². The molecule has 0 amide bonds. The first kappa shape index (κ1) is 7.92. The van der Waals surface area contributed by atoms with Gasteiger partial charge in [0.15, 0.2) is 0 Å². The Morgan fingerprint density at radius 3 is 2.90 bits per heavy atom. The van der Waals surface area contributed by atoms with Gasteiger partial charge in [0.25, 0.3) is 0 Å². The van der Waals surface area contributed by atoms with E-state index >= 15 is 0 Å². The quantitative estimate of drug-likeness (QED) is 0.572. The second-order valence-corrected chi connectivity index (χ2v) is 3.88. The van der Waals surface area contributed by atoms with E-state index in [1.807, 2.05) is 13.1 Å². The summed E-state index contributed by atoms with van der Waals surface area (Å²) in [6.07, 6.45) is 5.29. The minimum atomic E-state index is -0.931. The molecule has 0 aliphatic heterocycles. The maximum atomic E-state index is 10.9. The first-order chi connectivity index (χ1) is 4.83. The lowest BCUT2D eigenvalue weighted by Gasteiger charge is -1.88. The Balaban J connectivity index is 2.15. The van der Waals surface area contributed by atoms with Crippen LogP contribution in [0.5, 0.6) is 0 Å². The number of hydrogen-bond donors (Lipinski definition) is 0. The van der Waals surface area contributed by atoms with Crippen molar-refractivity contribution in [1.82, 2.24) is 0 Å². The van der Waals surface area contributed by atoms with Gasteiger partial charge in [0.1, 0.15) is 11.0 Å². The number of nitrogens with zero attached hydrogens (tertiary/aromatic N) is 1. The summed E-state index contributed by atoms with van der Waals surface area (Å²) in [5.74, 6) is 1.37. The molecule has 1 fully saturated rings.